The van der Waals surface area contributed by atoms with Crippen molar-refractivity contribution in [1.29, 1.82) is 0 Å². The number of carbonyl (C=O) groups is 3. The molecule has 0 saturated heterocycles. The van der Waals surface area contributed by atoms with E-state index < -0.39 is 16.9 Å². The molecule has 0 radical (unpaired) electrons. The van der Waals surface area contributed by atoms with Gasteiger partial charge in [-0.1, -0.05) is 48.5 Å². The molecule has 0 aromatic rings. The van der Waals surface area contributed by atoms with Gasteiger partial charge in [-0.25, -0.2) is 4.99 Å². The highest BCUT2D eigenvalue weighted by Gasteiger charge is 2.27. The molecule has 0 saturated carbocycles. The van der Waals surface area contributed by atoms with Crippen LogP contribution < -0.4 is 10.6 Å². The van der Waals surface area contributed by atoms with Crippen LogP contribution in [0, 0.1) is 10.8 Å². The number of nitrogens with one attached hydrogen (secondary N) is 2. The number of carbonyl (C=O) groups excluding carboxylic acids is 3. The number of Topliss-reactive ketones (excluding diaryl/α,β-unsaturated/α-hetero) is 1. The Hall–Kier alpha value is -1.72. The minimum atomic E-state index is -0.634. The first-order valence-corrected chi connectivity index (χ1v) is 7.52. The Kier molecular flexibility index (Phi) is 6.93. The molecule has 1 atom stereocenters. The van der Waals surface area contributed by atoms with Crippen molar-refractivity contribution < 1.29 is 14.4 Å². The zero-order chi connectivity index (χ0) is 17.7. The van der Waals surface area contributed by atoms with Crippen molar-refractivity contribution in [1.82, 2.24) is 10.6 Å². The highest BCUT2D eigenvalue weighted by Crippen LogP contribution is 2.14. The summed E-state index contributed by atoms with van der Waals surface area (Å²) < 4.78 is 0. The second kappa shape index (κ2) is 7.51. The van der Waals surface area contributed by atoms with Crippen LogP contribution in [0.25, 0.3) is 0 Å². The number of guanidine groups is 1. The van der Waals surface area contributed by atoms with Crippen molar-refractivity contribution in [2.75, 3.05) is 0 Å². The van der Waals surface area contributed by atoms with Crippen LogP contribution in [0.1, 0.15) is 61.8 Å². The van der Waals surface area contributed by atoms with Crippen LogP contribution in [0.4, 0.5) is 0 Å². The number of nitrogens with zero attached hydrogens (tertiary/aromatic N) is 1. The molecule has 2 N–H and O–H groups in total. The molecule has 0 aromatic heterocycles. The SMILES string of the molecule is CCC(=O)[C@H](C)N=C(NC(=O)C(C)(C)C)NC(=O)C(C)(C)C. The molecule has 0 aliphatic heterocycles. The van der Waals surface area contributed by atoms with Gasteiger partial charge in [0.05, 0.1) is 0 Å². The highest BCUT2D eigenvalue weighted by atomic mass is 16.2. The standard InChI is InChI=1S/C16H29N3O3/c1-9-11(20)10(2)17-14(18-12(21)15(3,4)5)19-13(22)16(6,7)8/h10H,9H2,1-8H3,(H2,17,18,19,21,22)/t10-/m0/s1. The highest BCUT2D eigenvalue weighted by molar-refractivity contribution is 6.07. The lowest BCUT2D eigenvalue weighted by Gasteiger charge is -2.22. The van der Waals surface area contributed by atoms with Gasteiger partial charge in [-0.05, 0) is 6.92 Å². The van der Waals surface area contributed by atoms with Crippen molar-refractivity contribution in [3.63, 3.8) is 0 Å². The predicted molar refractivity (Wildman–Crippen MR) is 87.4 cm³/mol. The molecule has 0 unspecified atom stereocenters. The summed E-state index contributed by atoms with van der Waals surface area (Å²) in [5.74, 6) is -0.602. The second-order valence-corrected chi connectivity index (χ2v) is 7.38. The molecule has 22 heavy (non-hydrogen) atoms. The summed E-state index contributed by atoms with van der Waals surface area (Å²) in [4.78, 5) is 40.0. The van der Waals surface area contributed by atoms with Crippen LogP contribution in [0.2, 0.25) is 0 Å². The van der Waals surface area contributed by atoms with E-state index in [4.69, 9.17) is 0 Å². The first-order chi connectivity index (χ1) is 9.78. The summed E-state index contributed by atoms with van der Waals surface area (Å²) >= 11 is 0. The minimum absolute atomic E-state index is 0.0224. The van der Waals surface area contributed by atoms with Gasteiger partial charge in [-0.15, -0.1) is 0 Å². The molecule has 0 aliphatic carbocycles. The average molecular weight is 311 g/mol. The lowest BCUT2D eigenvalue weighted by Crippen LogP contribution is -2.50. The number of hydrogen-bond donors (Lipinski definition) is 2. The summed E-state index contributed by atoms with van der Waals surface area (Å²) in [6.07, 6.45) is 0.346. The van der Waals surface area contributed by atoms with Crippen molar-refractivity contribution in [3.8, 4) is 0 Å². The van der Waals surface area contributed by atoms with E-state index in [1.807, 2.05) is 0 Å². The van der Waals surface area contributed by atoms with Gasteiger partial charge in [0, 0.05) is 17.3 Å². The summed E-state index contributed by atoms with van der Waals surface area (Å²) in [5, 5.41) is 5.19. The molecule has 6 nitrogen and oxygen atoms in total. The van der Waals surface area contributed by atoms with Gasteiger partial charge in [0.1, 0.15) is 6.04 Å². The fourth-order valence-corrected chi connectivity index (χ4v) is 1.25. The monoisotopic (exact) mass is 311 g/mol. The summed E-state index contributed by atoms with van der Waals surface area (Å²) in [7, 11) is 0. The molecule has 0 spiro atoms. The van der Waals surface area contributed by atoms with E-state index in [1.165, 1.54) is 0 Å². The molecule has 6 heteroatoms. The van der Waals surface area contributed by atoms with Crippen LogP contribution in [0.3, 0.4) is 0 Å². The summed E-state index contributed by atoms with van der Waals surface area (Å²) in [6.45, 7) is 13.9. The minimum Gasteiger partial charge on any atom is -0.297 e. The molecule has 0 fully saturated rings. The number of hydrogen-bond acceptors (Lipinski definition) is 4. The van der Waals surface area contributed by atoms with Gasteiger partial charge in [-0.2, -0.15) is 0 Å². The molecule has 0 bridgehead atoms. The van der Waals surface area contributed by atoms with Crippen LogP contribution in [0.15, 0.2) is 4.99 Å². The summed E-state index contributed by atoms with van der Waals surface area (Å²) in [6, 6.07) is -0.625. The first-order valence-electron chi connectivity index (χ1n) is 7.52. The third kappa shape index (κ3) is 6.83. The quantitative estimate of drug-likeness (QED) is 0.617. The fourth-order valence-electron chi connectivity index (χ4n) is 1.25. The Bertz CT molecular complexity index is 438. The molecule has 0 heterocycles. The van der Waals surface area contributed by atoms with Gasteiger partial charge in [-0.3, -0.25) is 25.0 Å². The van der Waals surface area contributed by atoms with Crippen LogP contribution in [0.5, 0.6) is 0 Å². The molecule has 0 aromatic carbocycles. The topological polar surface area (TPSA) is 87.6 Å². The van der Waals surface area contributed by atoms with Crippen LogP contribution in [-0.4, -0.2) is 29.6 Å². The van der Waals surface area contributed by atoms with Crippen LogP contribution in [-0.2, 0) is 14.4 Å². The smallest absolute Gasteiger partial charge is 0.232 e. The zero-order valence-electron chi connectivity index (χ0n) is 15.0. The number of ketones is 1. The van der Waals surface area contributed by atoms with E-state index in [0.29, 0.717) is 6.42 Å². The van der Waals surface area contributed by atoms with Gasteiger partial charge in [0.25, 0.3) is 0 Å². The molecule has 0 aliphatic rings. The van der Waals surface area contributed by atoms with Gasteiger partial charge in [0.15, 0.2) is 5.78 Å². The normalized spacial score (nSPS) is 13.1. The van der Waals surface area contributed by atoms with Crippen molar-refractivity contribution in [3.05, 3.63) is 0 Å². The Labute approximate surface area is 133 Å². The molecular weight excluding hydrogens is 282 g/mol. The predicted octanol–water partition coefficient (Wildman–Crippen LogP) is 2.03. The first kappa shape index (κ1) is 20.3. The number of aliphatic imine (C=N–C) groups is 1. The lowest BCUT2D eigenvalue weighted by atomic mass is 9.95. The van der Waals surface area contributed by atoms with E-state index in [2.05, 4.69) is 15.6 Å². The third-order valence-corrected chi connectivity index (χ3v) is 2.96. The second-order valence-electron chi connectivity index (χ2n) is 7.38. The van der Waals surface area contributed by atoms with E-state index in [0.717, 1.165) is 0 Å². The Morgan fingerprint density at radius 3 is 1.55 bits per heavy atom. The Morgan fingerprint density at radius 1 is 0.909 bits per heavy atom. The van der Waals surface area contributed by atoms with Gasteiger partial charge in [0.2, 0.25) is 17.8 Å². The maximum Gasteiger partial charge on any atom is 0.232 e. The van der Waals surface area contributed by atoms with Gasteiger partial charge < -0.3 is 0 Å². The zero-order valence-corrected chi connectivity index (χ0v) is 15.0. The number of rotatable bonds is 3. The summed E-state index contributed by atoms with van der Waals surface area (Å²) in [5.41, 5.74) is -1.27. The van der Waals surface area contributed by atoms with E-state index in [1.54, 1.807) is 55.4 Å². The molecule has 0 rings (SSSR count). The Morgan fingerprint density at radius 2 is 1.27 bits per heavy atom. The Balaban J connectivity index is 5.33. The van der Waals surface area contributed by atoms with E-state index in [-0.39, 0.29) is 23.6 Å². The molecule has 126 valence electrons. The van der Waals surface area contributed by atoms with Crippen LogP contribution >= 0.6 is 0 Å². The lowest BCUT2D eigenvalue weighted by molar-refractivity contribution is -0.128. The largest absolute Gasteiger partial charge is 0.297 e. The number of amides is 2. The molecule has 2 amide bonds. The average Bonchev–Trinajstić information content (AvgIpc) is 2.34. The van der Waals surface area contributed by atoms with E-state index >= 15 is 0 Å². The third-order valence-electron chi connectivity index (χ3n) is 2.96. The van der Waals surface area contributed by atoms with Crippen molar-refractivity contribution in [2.45, 2.75) is 67.9 Å². The van der Waals surface area contributed by atoms with Crippen molar-refractivity contribution in [2.24, 2.45) is 15.8 Å². The van der Waals surface area contributed by atoms with Crippen molar-refractivity contribution >= 4 is 23.6 Å². The fraction of sp³-hybridized carbons (Fsp3) is 0.750. The molecular formula is C16H29N3O3. The van der Waals surface area contributed by atoms with Gasteiger partial charge >= 0.3 is 0 Å². The maximum absolute atomic E-state index is 12.1. The maximum atomic E-state index is 12.1. The van der Waals surface area contributed by atoms with E-state index in [9.17, 15) is 14.4 Å².